The molecule has 208 valence electrons. The number of hydrogen-bond acceptors (Lipinski definition) is 6. The molecule has 3 N–H and O–H groups in total. The number of halogens is 1. The Morgan fingerprint density at radius 2 is 1.43 bits per heavy atom. The Hall–Kier alpha value is -4.51. The summed E-state index contributed by atoms with van der Waals surface area (Å²) in [6.07, 6.45) is 2.57. The fourth-order valence-corrected chi connectivity index (χ4v) is 4.67. The molecule has 1 aliphatic rings. The number of anilines is 3. The summed E-state index contributed by atoms with van der Waals surface area (Å²) < 4.78 is 0. The molecular weight excluding hydrogens is 536 g/mol. The number of rotatable bonds is 6. The second-order valence-electron chi connectivity index (χ2n) is 10.2. The average molecular weight is 565 g/mol. The van der Waals surface area contributed by atoms with Gasteiger partial charge >= 0.3 is 6.09 Å². The van der Waals surface area contributed by atoms with E-state index in [4.69, 9.17) is 11.6 Å². The number of carboxylic acid groups (broad SMARTS) is 1. The molecule has 12 heteroatoms. The molecule has 1 aromatic heterocycles. The van der Waals surface area contributed by atoms with Gasteiger partial charge in [-0.1, -0.05) is 11.6 Å². The highest BCUT2D eigenvalue weighted by molar-refractivity contribution is 6.30. The van der Waals surface area contributed by atoms with Crippen molar-refractivity contribution in [2.45, 2.75) is 45.2 Å². The van der Waals surface area contributed by atoms with Gasteiger partial charge in [-0.3, -0.25) is 19.3 Å². The van der Waals surface area contributed by atoms with Crippen molar-refractivity contribution >= 4 is 52.5 Å². The quantitative estimate of drug-likeness (QED) is 0.386. The van der Waals surface area contributed by atoms with Crippen molar-refractivity contribution in [3.63, 3.8) is 0 Å². The minimum atomic E-state index is -1.14. The van der Waals surface area contributed by atoms with Crippen molar-refractivity contribution < 1.29 is 24.3 Å². The molecule has 0 spiro atoms. The van der Waals surface area contributed by atoms with Crippen molar-refractivity contribution in [3.05, 3.63) is 77.3 Å². The van der Waals surface area contributed by atoms with Crippen molar-refractivity contribution in [3.8, 4) is 0 Å². The standard InChI is InChI=1S/C28H29ClN6O5/c1-28(2,3)35(27(39)40)21-5-4-16-34(26(21)38)20-12-10-19(11-13-20)33-25(37)23-22(30-14-15-31-23)24(36)32-18-8-6-17(29)7-9-18/h6-15,21H,4-5,16H2,1-3H3,(H,32,36)(H,33,37)(H,39,40). The maximum atomic E-state index is 13.3. The van der Waals surface area contributed by atoms with Crippen LogP contribution >= 0.6 is 11.6 Å². The summed E-state index contributed by atoms with van der Waals surface area (Å²) in [5.74, 6) is -1.55. The molecule has 11 nitrogen and oxygen atoms in total. The van der Waals surface area contributed by atoms with Crippen LogP contribution in [0.5, 0.6) is 0 Å². The maximum absolute atomic E-state index is 13.3. The summed E-state index contributed by atoms with van der Waals surface area (Å²) in [6.45, 7) is 5.72. The molecule has 2 aromatic carbocycles. The number of benzene rings is 2. The van der Waals surface area contributed by atoms with Crippen LogP contribution < -0.4 is 15.5 Å². The largest absolute Gasteiger partial charge is 0.465 e. The third-order valence-corrected chi connectivity index (χ3v) is 6.57. The Labute approximate surface area is 236 Å². The summed E-state index contributed by atoms with van der Waals surface area (Å²) in [5.41, 5.74) is 0.404. The first-order valence-electron chi connectivity index (χ1n) is 12.6. The van der Waals surface area contributed by atoms with Crippen LogP contribution in [0.15, 0.2) is 60.9 Å². The SMILES string of the molecule is CC(C)(C)N(C(=O)O)C1CCCN(c2ccc(NC(=O)c3nccnc3C(=O)Nc3ccc(Cl)cc3)cc2)C1=O. The lowest BCUT2D eigenvalue weighted by molar-refractivity contribution is -0.126. The summed E-state index contributed by atoms with van der Waals surface area (Å²) in [6, 6.07) is 12.3. The van der Waals surface area contributed by atoms with Gasteiger partial charge in [-0.2, -0.15) is 0 Å². The summed E-state index contributed by atoms with van der Waals surface area (Å²) in [5, 5.41) is 15.6. The number of nitrogens with one attached hydrogen (secondary N) is 2. The predicted octanol–water partition coefficient (Wildman–Crippen LogP) is 4.91. The number of piperidine rings is 1. The Morgan fingerprint density at radius 3 is 1.90 bits per heavy atom. The highest BCUT2D eigenvalue weighted by Gasteiger charge is 2.41. The number of hydrogen-bond donors (Lipinski definition) is 3. The molecular formula is C28H29ClN6O5. The van der Waals surface area contributed by atoms with E-state index < -0.39 is 29.5 Å². The summed E-state index contributed by atoms with van der Waals surface area (Å²) in [4.78, 5) is 61.9. The Kier molecular flexibility index (Phi) is 8.34. The topological polar surface area (TPSA) is 145 Å². The van der Waals surface area contributed by atoms with E-state index in [1.165, 1.54) is 17.3 Å². The van der Waals surface area contributed by atoms with Crippen LogP contribution in [-0.4, -0.2) is 61.9 Å². The van der Waals surface area contributed by atoms with Crippen LogP contribution in [0.3, 0.4) is 0 Å². The van der Waals surface area contributed by atoms with Gasteiger partial charge in [0.1, 0.15) is 6.04 Å². The fraction of sp³-hybridized carbons (Fsp3) is 0.286. The third kappa shape index (κ3) is 6.37. The van der Waals surface area contributed by atoms with Gasteiger partial charge in [-0.15, -0.1) is 0 Å². The first-order valence-corrected chi connectivity index (χ1v) is 13.0. The lowest BCUT2D eigenvalue weighted by Gasteiger charge is -2.43. The number of carbonyl (C=O) groups excluding carboxylic acids is 3. The molecule has 40 heavy (non-hydrogen) atoms. The second kappa shape index (κ2) is 11.7. The number of amides is 4. The molecule has 2 heterocycles. The van der Waals surface area contributed by atoms with Gasteiger partial charge in [0, 0.05) is 46.6 Å². The minimum Gasteiger partial charge on any atom is -0.465 e. The van der Waals surface area contributed by atoms with E-state index in [1.54, 1.807) is 74.2 Å². The van der Waals surface area contributed by atoms with Gasteiger partial charge in [0.05, 0.1) is 0 Å². The van der Waals surface area contributed by atoms with E-state index in [1.807, 2.05) is 0 Å². The number of aromatic nitrogens is 2. The van der Waals surface area contributed by atoms with Gasteiger partial charge < -0.3 is 20.6 Å². The number of carbonyl (C=O) groups is 4. The van der Waals surface area contributed by atoms with Crippen LogP contribution in [0.1, 0.15) is 54.6 Å². The van der Waals surface area contributed by atoms with E-state index in [9.17, 15) is 24.3 Å². The third-order valence-electron chi connectivity index (χ3n) is 6.32. The van der Waals surface area contributed by atoms with Crippen LogP contribution in [0.25, 0.3) is 0 Å². The molecule has 3 aromatic rings. The predicted molar refractivity (Wildman–Crippen MR) is 151 cm³/mol. The smallest absolute Gasteiger partial charge is 0.408 e. The zero-order chi connectivity index (χ0) is 29.0. The zero-order valence-corrected chi connectivity index (χ0v) is 23.0. The van der Waals surface area contributed by atoms with Gasteiger partial charge in [0.25, 0.3) is 11.8 Å². The van der Waals surface area contributed by atoms with Crippen molar-refractivity contribution in [1.29, 1.82) is 0 Å². The Balaban J connectivity index is 1.47. The van der Waals surface area contributed by atoms with E-state index in [0.717, 1.165) is 0 Å². The molecule has 0 saturated carbocycles. The molecule has 1 aliphatic heterocycles. The van der Waals surface area contributed by atoms with Crippen LogP contribution in [0.2, 0.25) is 5.02 Å². The van der Waals surface area contributed by atoms with Crippen molar-refractivity contribution in [1.82, 2.24) is 14.9 Å². The lowest BCUT2D eigenvalue weighted by Crippen LogP contribution is -2.59. The lowest BCUT2D eigenvalue weighted by atomic mass is 9.96. The molecule has 0 radical (unpaired) electrons. The molecule has 0 bridgehead atoms. The Bertz CT molecular complexity index is 1420. The van der Waals surface area contributed by atoms with Gasteiger partial charge in [0.2, 0.25) is 5.91 Å². The van der Waals surface area contributed by atoms with Crippen molar-refractivity contribution in [2.24, 2.45) is 0 Å². The normalized spacial score (nSPS) is 15.3. The molecule has 0 aliphatic carbocycles. The maximum Gasteiger partial charge on any atom is 0.408 e. The Morgan fingerprint density at radius 1 is 0.925 bits per heavy atom. The van der Waals surface area contributed by atoms with Crippen molar-refractivity contribution in [2.75, 3.05) is 22.1 Å². The van der Waals surface area contributed by atoms with Crippen LogP contribution in [-0.2, 0) is 4.79 Å². The zero-order valence-electron chi connectivity index (χ0n) is 22.2. The van der Waals surface area contributed by atoms with Gasteiger partial charge in [0.15, 0.2) is 11.4 Å². The van der Waals surface area contributed by atoms with E-state index in [-0.39, 0.29) is 17.3 Å². The molecule has 4 rings (SSSR count). The van der Waals surface area contributed by atoms with E-state index >= 15 is 0 Å². The molecule has 4 amide bonds. The summed E-state index contributed by atoms with van der Waals surface area (Å²) in [7, 11) is 0. The summed E-state index contributed by atoms with van der Waals surface area (Å²) >= 11 is 5.89. The first kappa shape index (κ1) is 28.5. The highest BCUT2D eigenvalue weighted by atomic mass is 35.5. The average Bonchev–Trinajstić information content (AvgIpc) is 2.90. The van der Waals surface area contributed by atoms with Gasteiger partial charge in [-0.05, 0) is 82.1 Å². The van der Waals surface area contributed by atoms with E-state index in [0.29, 0.717) is 41.5 Å². The second-order valence-corrected chi connectivity index (χ2v) is 10.6. The molecule has 1 unspecified atom stereocenters. The monoisotopic (exact) mass is 564 g/mol. The molecule has 1 atom stereocenters. The van der Waals surface area contributed by atoms with E-state index in [2.05, 4.69) is 20.6 Å². The number of nitrogens with zero attached hydrogens (tertiary/aromatic N) is 4. The minimum absolute atomic E-state index is 0.154. The molecule has 1 fully saturated rings. The highest BCUT2D eigenvalue weighted by Crippen LogP contribution is 2.29. The van der Waals surface area contributed by atoms with Crippen LogP contribution in [0.4, 0.5) is 21.9 Å². The van der Waals surface area contributed by atoms with Crippen LogP contribution in [0, 0.1) is 0 Å². The van der Waals surface area contributed by atoms with Gasteiger partial charge in [-0.25, -0.2) is 14.8 Å². The fourth-order valence-electron chi connectivity index (χ4n) is 4.55. The first-order chi connectivity index (χ1) is 19.0. The molecule has 1 saturated heterocycles.